The van der Waals surface area contributed by atoms with Crippen LogP contribution in [0, 0.1) is 0 Å². The Morgan fingerprint density at radius 2 is 1.76 bits per heavy atom. The van der Waals surface area contributed by atoms with Gasteiger partial charge in [-0.1, -0.05) is 12.1 Å². The molecule has 1 unspecified atom stereocenters. The highest BCUT2D eigenvalue weighted by atomic mass is 16.2. The van der Waals surface area contributed by atoms with Crippen LogP contribution < -0.4 is 5.73 Å². The minimum absolute atomic E-state index is 0.266. The summed E-state index contributed by atoms with van der Waals surface area (Å²) in [7, 11) is 0. The third kappa shape index (κ3) is 2.54. The van der Waals surface area contributed by atoms with Crippen LogP contribution in [0.1, 0.15) is 34.6 Å². The fraction of sp³-hybridized carbons (Fsp3) is 0.400. The summed E-state index contributed by atoms with van der Waals surface area (Å²) in [6, 6.07) is 5.78. The molecule has 3 amide bonds. The Morgan fingerprint density at radius 3 is 2.19 bits per heavy atom. The maximum absolute atomic E-state index is 12.4. The Labute approximate surface area is 123 Å². The van der Waals surface area contributed by atoms with Crippen molar-refractivity contribution in [2.45, 2.75) is 19.9 Å². The van der Waals surface area contributed by atoms with Crippen LogP contribution in [-0.4, -0.2) is 53.2 Å². The zero-order valence-electron chi connectivity index (χ0n) is 12.2. The number of carbonyl (C=O) groups excluding carboxylic acids is 3. The van der Waals surface area contributed by atoms with Crippen LogP contribution in [0.2, 0.25) is 0 Å². The van der Waals surface area contributed by atoms with E-state index >= 15 is 0 Å². The molecule has 0 fully saturated rings. The first-order valence-electron chi connectivity index (χ1n) is 6.98. The molecule has 0 radical (unpaired) electrons. The van der Waals surface area contributed by atoms with Crippen molar-refractivity contribution in [1.29, 1.82) is 0 Å². The van der Waals surface area contributed by atoms with Crippen molar-refractivity contribution in [2.75, 3.05) is 19.6 Å². The Kier molecular flexibility index (Phi) is 4.37. The lowest BCUT2D eigenvalue weighted by Crippen LogP contribution is -2.50. The number of hydrogen-bond donors (Lipinski definition) is 1. The minimum atomic E-state index is -0.830. The first-order chi connectivity index (χ1) is 10.0. The van der Waals surface area contributed by atoms with E-state index in [0.717, 1.165) is 4.90 Å². The first-order valence-corrected chi connectivity index (χ1v) is 6.98. The Morgan fingerprint density at radius 1 is 1.24 bits per heavy atom. The molecule has 1 aromatic carbocycles. The van der Waals surface area contributed by atoms with Gasteiger partial charge in [0.05, 0.1) is 11.1 Å². The second-order valence-electron chi connectivity index (χ2n) is 4.91. The number of fused-ring (bicyclic) bond motifs is 1. The monoisotopic (exact) mass is 289 g/mol. The minimum Gasteiger partial charge on any atom is -0.340 e. The summed E-state index contributed by atoms with van der Waals surface area (Å²) in [4.78, 5) is 39.7. The molecule has 0 saturated heterocycles. The van der Waals surface area contributed by atoms with Crippen molar-refractivity contribution in [3.8, 4) is 0 Å². The third-order valence-corrected chi connectivity index (χ3v) is 3.66. The fourth-order valence-corrected chi connectivity index (χ4v) is 2.51. The number of nitrogens with two attached hydrogens (primary N) is 1. The molecule has 2 N–H and O–H groups in total. The van der Waals surface area contributed by atoms with E-state index in [2.05, 4.69) is 0 Å². The van der Waals surface area contributed by atoms with Crippen LogP contribution >= 0.6 is 0 Å². The van der Waals surface area contributed by atoms with E-state index < -0.39 is 17.9 Å². The lowest BCUT2D eigenvalue weighted by Gasteiger charge is -2.28. The van der Waals surface area contributed by atoms with Crippen molar-refractivity contribution in [3.63, 3.8) is 0 Å². The van der Waals surface area contributed by atoms with Crippen LogP contribution in [-0.2, 0) is 4.79 Å². The molecule has 2 rings (SSSR count). The summed E-state index contributed by atoms with van der Waals surface area (Å²) in [6.45, 7) is 4.65. The number of imide groups is 1. The number of benzene rings is 1. The average Bonchev–Trinajstić information content (AvgIpc) is 2.75. The van der Waals surface area contributed by atoms with Gasteiger partial charge in [-0.2, -0.15) is 0 Å². The van der Waals surface area contributed by atoms with E-state index in [1.807, 2.05) is 6.92 Å². The molecular weight excluding hydrogens is 270 g/mol. The van der Waals surface area contributed by atoms with E-state index in [1.165, 1.54) is 0 Å². The van der Waals surface area contributed by atoms with Gasteiger partial charge in [0.15, 0.2) is 0 Å². The molecule has 0 saturated carbocycles. The number of nitrogens with zero attached hydrogens (tertiary/aromatic N) is 2. The molecule has 1 aromatic rings. The van der Waals surface area contributed by atoms with Gasteiger partial charge in [0.1, 0.15) is 6.04 Å². The number of rotatable bonds is 5. The van der Waals surface area contributed by atoms with E-state index in [4.69, 9.17) is 5.73 Å². The predicted octanol–water partition coefficient (Wildman–Crippen LogP) is 0.478. The number of amides is 3. The van der Waals surface area contributed by atoms with Crippen LogP contribution in [0.15, 0.2) is 24.3 Å². The van der Waals surface area contributed by atoms with E-state index in [9.17, 15) is 14.4 Å². The Hall–Kier alpha value is -2.21. The molecule has 0 aliphatic carbocycles. The fourth-order valence-electron chi connectivity index (χ4n) is 2.51. The molecule has 112 valence electrons. The van der Waals surface area contributed by atoms with Crippen molar-refractivity contribution in [1.82, 2.24) is 9.80 Å². The largest absolute Gasteiger partial charge is 0.340 e. The summed E-state index contributed by atoms with van der Waals surface area (Å²) >= 11 is 0. The van der Waals surface area contributed by atoms with Crippen LogP contribution in [0.4, 0.5) is 0 Å². The maximum atomic E-state index is 12.4. The van der Waals surface area contributed by atoms with Crippen molar-refractivity contribution in [2.24, 2.45) is 5.73 Å². The van der Waals surface area contributed by atoms with Gasteiger partial charge in [0.2, 0.25) is 5.91 Å². The molecule has 1 atom stereocenters. The van der Waals surface area contributed by atoms with E-state index in [1.54, 1.807) is 36.1 Å². The smallest absolute Gasteiger partial charge is 0.262 e. The van der Waals surface area contributed by atoms with Gasteiger partial charge in [0.25, 0.3) is 11.8 Å². The molecular formula is C15H19N3O3. The van der Waals surface area contributed by atoms with Crippen LogP contribution in [0.25, 0.3) is 0 Å². The average molecular weight is 289 g/mol. The topological polar surface area (TPSA) is 83.7 Å². The van der Waals surface area contributed by atoms with Crippen LogP contribution in [0.5, 0.6) is 0 Å². The molecule has 21 heavy (non-hydrogen) atoms. The zero-order chi connectivity index (χ0) is 15.6. The predicted molar refractivity (Wildman–Crippen MR) is 77.7 cm³/mol. The molecule has 0 spiro atoms. The van der Waals surface area contributed by atoms with Gasteiger partial charge < -0.3 is 10.6 Å². The van der Waals surface area contributed by atoms with Crippen molar-refractivity contribution >= 4 is 17.7 Å². The molecule has 0 bridgehead atoms. The number of hydrogen-bond acceptors (Lipinski definition) is 4. The second-order valence-corrected chi connectivity index (χ2v) is 4.91. The normalized spacial score (nSPS) is 15.1. The lowest BCUT2D eigenvalue weighted by atomic mass is 10.1. The molecule has 1 heterocycles. The van der Waals surface area contributed by atoms with E-state index in [0.29, 0.717) is 30.8 Å². The lowest BCUT2D eigenvalue weighted by molar-refractivity contribution is -0.134. The standard InChI is InChI=1S/C15H19N3O3/c1-3-17(9-8-16)13(19)10(2)18-14(20)11-6-4-5-7-12(11)15(18)21/h4-7,10H,3,8-9,16H2,1-2H3. The number of likely N-dealkylation sites (N-methyl/N-ethyl adjacent to an activating group) is 1. The number of carbonyl (C=O) groups is 3. The molecule has 6 heteroatoms. The van der Waals surface area contributed by atoms with Gasteiger partial charge in [-0.05, 0) is 26.0 Å². The van der Waals surface area contributed by atoms with Gasteiger partial charge in [-0.15, -0.1) is 0 Å². The highest BCUT2D eigenvalue weighted by molar-refractivity contribution is 6.22. The van der Waals surface area contributed by atoms with Crippen molar-refractivity contribution in [3.05, 3.63) is 35.4 Å². The molecule has 6 nitrogen and oxygen atoms in total. The summed E-state index contributed by atoms with van der Waals surface area (Å²) < 4.78 is 0. The summed E-state index contributed by atoms with van der Waals surface area (Å²) in [6.07, 6.45) is 0. The first kappa shape index (κ1) is 15.2. The quantitative estimate of drug-likeness (QED) is 0.799. The molecule has 0 aromatic heterocycles. The SMILES string of the molecule is CCN(CCN)C(=O)C(C)N1C(=O)c2ccccc2C1=O. The highest BCUT2D eigenvalue weighted by Crippen LogP contribution is 2.24. The van der Waals surface area contributed by atoms with Gasteiger partial charge >= 0.3 is 0 Å². The highest BCUT2D eigenvalue weighted by Gasteiger charge is 2.41. The second kappa shape index (κ2) is 6.05. The third-order valence-electron chi connectivity index (χ3n) is 3.66. The summed E-state index contributed by atoms with van der Waals surface area (Å²) in [5.74, 6) is -1.10. The van der Waals surface area contributed by atoms with Crippen molar-refractivity contribution < 1.29 is 14.4 Å². The maximum Gasteiger partial charge on any atom is 0.262 e. The van der Waals surface area contributed by atoms with Gasteiger partial charge in [0, 0.05) is 19.6 Å². The summed E-state index contributed by atoms with van der Waals surface area (Å²) in [5, 5.41) is 0. The zero-order valence-corrected chi connectivity index (χ0v) is 12.2. The Bertz CT molecular complexity index is 550. The summed E-state index contributed by atoms with van der Waals surface area (Å²) in [5.41, 5.74) is 6.18. The Balaban J connectivity index is 2.25. The molecule has 1 aliphatic rings. The van der Waals surface area contributed by atoms with Gasteiger partial charge in [-0.25, -0.2) is 0 Å². The van der Waals surface area contributed by atoms with E-state index in [-0.39, 0.29) is 5.91 Å². The van der Waals surface area contributed by atoms with Gasteiger partial charge in [-0.3, -0.25) is 19.3 Å². The molecule has 1 aliphatic heterocycles. The van der Waals surface area contributed by atoms with Crippen LogP contribution in [0.3, 0.4) is 0 Å².